The van der Waals surface area contributed by atoms with Gasteiger partial charge in [-0.1, -0.05) is 48.5 Å². The van der Waals surface area contributed by atoms with E-state index in [0.717, 1.165) is 16.3 Å². The number of hydrogen-bond donors (Lipinski definition) is 3. The number of hydrazine groups is 1. The van der Waals surface area contributed by atoms with Crippen LogP contribution in [0.5, 0.6) is 11.5 Å². The van der Waals surface area contributed by atoms with Crippen LogP contribution in [0.1, 0.15) is 12.5 Å². The minimum atomic E-state index is -0.785. The number of ether oxygens (including phenoxy) is 2. The van der Waals surface area contributed by atoms with E-state index in [9.17, 15) is 9.59 Å². The second kappa shape index (κ2) is 10.9. The average Bonchev–Trinajstić information content (AvgIpc) is 2.81. The molecule has 0 aliphatic carbocycles. The largest absolute Gasteiger partial charge is 0.496 e. The Labute approximate surface area is 191 Å². The molecular weight excluding hydrogens is 426 g/mol. The lowest BCUT2D eigenvalue weighted by Crippen LogP contribution is -2.51. The molecule has 0 radical (unpaired) electrons. The third-order valence-corrected chi connectivity index (χ3v) is 4.70. The van der Waals surface area contributed by atoms with E-state index >= 15 is 0 Å². The van der Waals surface area contributed by atoms with Crippen molar-refractivity contribution in [1.29, 1.82) is 0 Å². The van der Waals surface area contributed by atoms with Crippen molar-refractivity contribution >= 4 is 46.0 Å². The monoisotopic (exact) mass is 449 g/mol. The molecule has 1 unspecified atom stereocenters. The van der Waals surface area contributed by atoms with Crippen LogP contribution in [0.3, 0.4) is 0 Å². The van der Waals surface area contributed by atoms with Crippen molar-refractivity contribution in [2.24, 2.45) is 0 Å². The smallest absolute Gasteiger partial charge is 0.279 e. The highest BCUT2D eigenvalue weighted by molar-refractivity contribution is 7.80. The van der Waals surface area contributed by atoms with Crippen molar-refractivity contribution < 1.29 is 19.1 Å². The molecule has 0 aromatic heterocycles. The molecule has 8 heteroatoms. The predicted molar refractivity (Wildman–Crippen MR) is 128 cm³/mol. The van der Waals surface area contributed by atoms with E-state index in [1.165, 1.54) is 6.08 Å². The molecule has 32 heavy (non-hydrogen) atoms. The van der Waals surface area contributed by atoms with E-state index in [1.807, 2.05) is 54.6 Å². The van der Waals surface area contributed by atoms with Crippen molar-refractivity contribution in [1.82, 2.24) is 16.2 Å². The topological polar surface area (TPSA) is 88.7 Å². The number of rotatable bonds is 6. The summed E-state index contributed by atoms with van der Waals surface area (Å²) in [5.74, 6) is 0.316. The van der Waals surface area contributed by atoms with Crippen molar-refractivity contribution in [3.8, 4) is 11.5 Å². The zero-order valence-corrected chi connectivity index (χ0v) is 18.4. The number of carbonyl (C=O) groups is 2. The molecule has 0 heterocycles. The first kappa shape index (κ1) is 22.8. The molecule has 0 aliphatic rings. The van der Waals surface area contributed by atoms with Crippen LogP contribution < -0.4 is 25.6 Å². The fourth-order valence-electron chi connectivity index (χ4n) is 2.87. The van der Waals surface area contributed by atoms with E-state index in [-0.39, 0.29) is 5.11 Å². The summed E-state index contributed by atoms with van der Waals surface area (Å²) in [6.07, 6.45) is 2.14. The van der Waals surface area contributed by atoms with Crippen molar-refractivity contribution in [3.63, 3.8) is 0 Å². The van der Waals surface area contributed by atoms with Crippen molar-refractivity contribution in [2.75, 3.05) is 7.11 Å². The van der Waals surface area contributed by atoms with E-state index < -0.39 is 17.9 Å². The Morgan fingerprint density at radius 2 is 1.69 bits per heavy atom. The van der Waals surface area contributed by atoms with Crippen LogP contribution in [0, 0.1) is 0 Å². The van der Waals surface area contributed by atoms with E-state index in [2.05, 4.69) is 16.2 Å². The molecule has 0 saturated heterocycles. The van der Waals surface area contributed by atoms with Gasteiger partial charge < -0.3 is 9.47 Å². The number of fused-ring (bicyclic) bond motifs is 1. The Balaban J connectivity index is 1.46. The van der Waals surface area contributed by atoms with Gasteiger partial charge in [-0.2, -0.15) is 0 Å². The molecule has 0 saturated carbocycles. The van der Waals surface area contributed by atoms with E-state index in [4.69, 9.17) is 21.7 Å². The zero-order chi connectivity index (χ0) is 22.9. The summed E-state index contributed by atoms with van der Waals surface area (Å²) in [4.78, 5) is 24.3. The minimum absolute atomic E-state index is 0.0501. The Kier molecular flexibility index (Phi) is 7.77. The van der Waals surface area contributed by atoms with Gasteiger partial charge in [-0.25, -0.2) is 0 Å². The summed E-state index contributed by atoms with van der Waals surface area (Å²) in [5.41, 5.74) is 5.66. The number of thiocarbonyl (C=S) groups is 1. The number of methoxy groups -OCH3 is 1. The normalized spacial score (nSPS) is 11.6. The van der Waals surface area contributed by atoms with Crippen LogP contribution in [0.25, 0.3) is 16.8 Å². The number of benzene rings is 3. The predicted octanol–water partition coefficient (Wildman–Crippen LogP) is 3.35. The molecule has 2 amide bonds. The average molecular weight is 450 g/mol. The number of para-hydroxylation sites is 1. The molecule has 0 aliphatic heterocycles. The molecule has 3 aromatic carbocycles. The molecule has 7 nitrogen and oxygen atoms in total. The summed E-state index contributed by atoms with van der Waals surface area (Å²) in [5, 5.41) is 4.50. The Bertz CT molecular complexity index is 1160. The zero-order valence-electron chi connectivity index (χ0n) is 17.6. The molecule has 0 fully saturated rings. The molecule has 0 bridgehead atoms. The lowest BCUT2D eigenvalue weighted by atomic mass is 10.1. The van der Waals surface area contributed by atoms with Crippen LogP contribution in [0.15, 0.2) is 72.8 Å². The molecule has 1 atom stereocenters. The highest BCUT2D eigenvalue weighted by Crippen LogP contribution is 2.21. The lowest BCUT2D eigenvalue weighted by molar-refractivity contribution is -0.128. The van der Waals surface area contributed by atoms with Gasteiger partial charge in [0.05, 0.1) is 7.11 Å². The van der Waals surface area contributed by atoms with E-state index in [0.29, 0.717) is 11.5 Å². The molecule has 164 valence electrons. The number of carbonyl (C=O) groups excluding carboxylic acids is 2. The first-order valence-corrected chi connectivity index (χ1v) is 10.2. The summed E-state index contributed by atoms with van der Waals surface area (Å²) in [7, 11) is 1.55. The lowest BCUT2D eigenvalue weighted by Gasteiger charge is -2.16. The van der Waals surface area contributed by atoms with E-state index in [1.54, 1.807) is 32.2 Å². The first-order valence-electron chi connectivity index (χ1n) is 9.83. The molecular formula is C24H23N3O4S. The van der Waals surface area contributed by atoms with Gasteiger partial charge in [-0.05, 0) is 54.2 Å². The van der Waals surface area contributed by atoms with Gasteiger partial charge in [0.15, 0.2) is 11.2 Å². The van der Waals surface area contributed by atoms with Gasteiger partial charge in [-0.3, -0.25) is 25.8 Å². The summed E-state index contributed by atoms with van der Waals surface area (Å²) < 4.78 is 10.9. The Hall–Kier alpha value is -3.91. The quantitative estimate of drug-likeness (QED) is 0.304. The molecule has 3 aromatic rings. The van der Waals surface area contributed by atoms with Crippen molar-refractivity contribution in [3.05, 3.63) is 78.4 Å². The van der Waals surface area contributed by atoms with Crippen LogP contribution in [-0.2, 0) is 9.59 Å². The van der Waals surface area contributed by atoms with Gasteiger partial charge in [-0.15, -0.1) is 0 Å². The summed E-state index contributed by atoms with van der Waals surface area (Å²) >= 11 is 5.04. The van der Waals surface area contributed by atoms with Crippen LogP contribution in [-0.4, -0.2) is 30.1 Å². The van der Waals surface area contributed by atoms with Gasteiger partial charge in [0.25, 0.3) is 5.91 Å². The SMILES string of the molecule is COc1ccccc1/C=C/C(=O)NC(=S)NNC(=O)C(C)Oc1ccc2ccccc2c1. The number of nitrogens with one attached hydrogen (secondary N) is 3. The Morgan fingerprint density at radius 3 is 2.47 bits per heavy atom. The number of amides is 2. The second-order valence-corrected chi connectivity index (χ2v) is 7.19. The third kappa shape index (κ3) is 6.29. The Morgan fingerprint density at radius 1 is 0.969 bits per heavy atom. The van der Waals surface area contributed by atoms with Crippen LogP contribution >= 0.6 is 12.2 Å². The second-order valence-electron chi connectivity index (χ2n) is 6.78. The van der Waals surface area contributed by atoms with Crippen molar-refractivity contribution in [2.45, 2.75) is 13.0 Å². The van der Waals surface area contributed by atoms with Gasteiger partial charge in [0, 0.05) is 11.6 Å². The fraction of sp³-hybridized carbons (Fsp3) is 0.125. The first-order chi connectivity index (χ1) is 15.5. The maximum absolute atomic E-state index is 12.3. The fourth-order valence-corrected chi connectivity index (χ4v) is 3.02. The highest BCUT2D eigenvalue weighted by Gasteiger charge is 2.15. The summed E-state index contributed by atoms with van der Waals surface area (Å²) in [6.45, 7) is 1.61. The van der Waals surface area contributed by atoms with Crippen LogP contribution in [0.2, 0.25) is 0 Å². The molecule has 0 spiro atoms. The highest BCUT2D eigenvalue weighted by atomic mass is 32.1. The standard InChI is InChI=1S/C24H23N3O4S/c1-16(31-20-13-11-17-7-3-4-9-19(17)15-20)23(29)26-27-24(32)25-22(28)14-12-18-8-5-6-10-21(18)30-2/h3-16H,1-2H3,(H,26,29)(H2,25,27,28,32)/b14-12+. The molecule has 3 rings (SSSR count). The van der Waals surface area contributed by atoms with Crippen LogP contribution in [0.4, 0.5) is 0 Å². The maximum Gasteiger partial charge on any atom is 0.279 e. The van der Waals surface area contributed by atoms with Gasteiger partial charge >= 0.3 is 0 Å². The van der Waals surface area contributed by atoms with Gasteiger partial charge in [0.2, 0.25) is 5.91 Å². The third-order valence-electron chi connectivity index (χ3n) is 4.49. The number of hydrogen-bond acceptors (Lipinski definition) is 5. The summed E-state index contributed by atoms with van der Waals surface area (Å²) in [6, 6.07) is 20.7. The minimum Gasteiger partial charge on any atom is -0.496 e. The molecule has 3 N–H and O–H groups in total. The van der Waals surface area contributed by atoms with Gasteiger partial charge in [0.1, 0.15) is 11.5 Å². The maximum atomic E-state index is 12.3.